The standard InChI is InChI=1S/C19H17F2N3O2/c1-26-16-9-12(20)8-15(21)17(16)13-4-2-3-10-5-6-11(7-14(10)13)18(25)24-19(22)23/h4-9H,2-3H2,1H3,(H4,22,23,24,25). The number of halogens is 2. The molecule has 0 aliphatic heterocycles. The second-order valence-electron chi connectivity index (χ2n) is 5.84. The van der Waals surface area contributed by atoms with E-state index >= 15 is 0 Å². The molecule has 0 atom stereocenters. The van der Waals surface area contributed by atoms with Gasteiger partial charge in [0.25, 0.3) is 5.91 Å². The predicted octanol–water partition coefficient (Wildman–Crippen LogP) is 2.76. The van der Waals surface area contributed by atoms with Crippen LogP contribution in [0.4, 0.5) is 8.78 Å². The molecule has 1 aliphatic carbocycles. The number of benzene rings is 2. The van der Waals surface area contributed by atoms with E-state index in [1.54, 1.807) is 18.2 Å². The molecule has 1 aliphatic rings. The van der Waals surface area contributed by atoms with E-state index in [0.717, 1.165) is 24.1 Å². The number of aliphatic imine (C=N–C) groups is 1. The number of methoxy groups -OCH3 is 1. The Morgan fingerprint density at radius 3 is 2.65 bits per heavy atom. The maximum Gasteiger partial charge on any atom is 0.280 e. The van der Waals surface area contributed by atoms with Gasteiger partial charge in [0.05, 0.1) is 12.7 Å². The van der Waals surface area contributed by atoms with Crippen molar-refractivity contribution in [1.29, 1.82) is 0 Å². The van der Waals surface area contributed by atoms with E-state index in [-0.39, 0.29) is 22.8 Å². The smallest absolute Gasteiger partial charge is 0.280 e. The highest BCUT2D eigenvalue weighted by molar-refractivity contribution is 6.03. The van der Waals surface area contributed by atoms with E-state index in [9.17, 15) is 13.6 Å². The Balaban J connectivity index is 2.16. The minimum atomic E-state index is -0.734. The van der Waals surface area contributed by atoms with E-state index in [1.165, 1.54) is 7.11 Å². The molecule has 0 saturated heterocycles. The maximum atomic E-state index is 14.5. The number of rotatable bonds is 3. The van der Waals surface area contributed by atoms with Gasteiger partial charge in [-0.3, -0.25) is 4.79 Å². The topological polar surface area (TPSA) is 90.7 Å². The lowest BCUT2D eigenvalue weighted by Crippen LogP contribution is -2.24. The second kappa shape index (κ2) is 6.95. The first-order chi connectivity index (χ1) is 12.4. The monoisotopic (exact) mass is 357 g/mol. The van der Waals surface area contributed by atoms with Gasteiger partial charge in [-0.25, -0.2) is 8.78 Å². The number of ether oxygens (including phenoxy) is 1. The van der Waals surface area contributed by atoms with Crippen LogP contribution in [0.5, 0.6) is 5.75 Å². The van der Waals surface area contributed by atoms with Crippen molar-refractivity contribution in [1.82, 2.24) is 0 Å². The number of carbonyl (C=O) groups is 1. The molecule has 0 unspecified atom stereocenters. The zero-order valence-electron chi connectivity index (χ0n) is 14.1. The van der Waals surface area contributed by atoms with Crippen LogP contribution in [-0.4, -0.2) is 19.0 Å². The normalized spacial score (nSPS) is 12.8. The second-order valence-corrected chi connectivity index (χ2v) is 5.84. The minimum Gasteiger partial charge on any atom is -0.496 e. The molecule has 1 amide bonds. The fourth-order valence-corrected chi connectivity index (χ4v) is 3.05. The van der Waals surface area contributed by atoms with E-state index < -0.39 is 17.5 Å². The molecular weight excluding hydrogens is 340 g/mol. The lowest BCUT2D eigenvalue weighted by molar-refractivity contribution is 0.100. The molecule has 0 fully saturated rings. The highest BCUT2D eigenvalue weighted by atomic mass is 19.1. The number of amides is 1. The Labute approximate surface area is 149 Å². The fraction of sp³-hybridized carbons (Fsp3) is 0.158. The molecule has 0 spiro atoms. The molecule has 2 aromatic carbocycles. The summed E-state index contributed by atoms with van der Waals surface area (Å²) < 4.78 is 33.2. The van der Waals surface area contributed by atoms with Crippen LogP contribution in [0.3, 0.4) is 0 Å². The van der Waals surface area contributed by atoms with Gasteiger partial charge in [-0.15, -0.1) is 0 Å². The largest absolute Gasteiger partial charge is 0.496 e. The first-order valence-corrected chi connectivity index (χ1v) is 7.91. The summed E-state index contributed by atoms with van der Waals surface area (Å²) in [5.74, 6) is -2.31. The summed E-state index contributed by atoms with van der Waals surface area (Å²) in [6, 6.07) is 6.95. The summed E-state index contributed by atoms with van der Waals surface area (Å²) in [5, 5.41) is 0. The molecule has 7 heteroatoms. The number of nitrogens with zero attached hydrogens (tertiary/aromatic N) is 1. The third kappa shape index (κ3) is 3.28. The van der Waals surface area contributed by atoms with Crippen molar-refractivity contribution in [2.45, 2.75) is 12.8 Å². The number of guanidine groups is 1. The molecule has 0 saturated carbocycles. The minimum absolute atomic E-state index is 0.0857. The Morgan fingerprint density at radius 1 is 1.19 bits per heavy atom. The number of carbonyl (C=O) groups excluding carboxylic acids is 1. The van der Waals surface area contributed by atoms with Crippen molar-refractivity contribution in [3.63, 3.8) is 0 Å². The van der Waals surface area contributed by atoms with E-state index in [1.807, 2.05) is 6.08 Å². The van der Waals surface area contributed by atoms with Gasteiger partial charge in [0.2, 0.25) is 0 Å². The van der Waals surface area contributed by atoms with Gasteiger partial charge < -0.3 is 16.2 Å². The van der Waals surface area contributed by atoms with Crippen molar-refractivity contribution in [2.75, 3.05) is 7.11 Å². The number of nitrogens with two attached hydrogens (primary N) is 2. The van der Waals surface area contributed by atoms with Crippen LogP contribution >= 0.6 is 0 Å². The Hall–Kier alpha value is -3.22. The van der Waals surface area contributed by atoms with E-state index in [0.29, 0.717) is 17.6 Å². The molecule has 3 rings (SSSR count). The molecule has 0 heterocycles. The molecule has 0 aromatic heterocycles. The zero-order chi connectivity index (χ0) is 18.8. The van der Waals surface area contributed by atoms with Gasteiger partial charge in [0.1, 0.15) is 17.4 Å². The molecule has 4 N–H and O–H groups in total. The van der Waals surface area contributed by atoms with Gasteiger partial charge in [-0.05, 0) is 41.7 Å². The Bertz CT molecular complexity index is 948. The summed E-state index contributed by atoms with van der Waals surface area (Å²) in [6.07, 6.45) is 3.26. The van der Waals surface area contributed by atoms with Gasteiger partial charge in [-0.1, -0.05) is 12.1 Å². The first kappa shape index (κ1) is 17.6. The molecule has 5 nitrogen and oxygen atoms in total. The average molecular weight is 357 g/mol. The third-order valence-electron chi connectivity index (χ3n) is 4.15. The summed E-state index contributed by atoms with van der Waals surface area (Å²) in [7, 11) is 1.35. The van der Waals surface area contributed by atoms with Crippen molar-refractivity contribution in [3.8, 4) is 5.75 Å². The Morgan fingerprint density at radius 2 is 1.96 bits per heavy atom. The highest BCUT2D eigenvalue weighted by Gasteiger charge is 2.23. The molecular formula is C19H17F2N3O2. The van der Waals surface area contributed by atoms with Gasteiger partial charge >= 0.3 is 0 Å². The van der Waals surface area contributed by atoms with Crippen LogP contribution in [0.25, 0.3) is 5.57 Å². The summed E-state index contributed by atoms with van der Waals surface area (Å²) in [5.41, 5.74) is 13.1. The zero-order valence-corrected chi connectivity index (χ0v) is 14.1. The number of fused-ring (bicyclic) bond motifs is 1. The van der Waals surface area contributed by atoms with Crippen LogP contribution in [0.1, 0.15) is 33.5 Å². The fourth-order valence-electron chi connectivity index (χ4n) is 3.05. The number of aryl methyl sites for hydroxylation is 1. The highest BCUT2D eigenvalue weighted by Crippen LogP contribution is 2.38. The van der Waals surface area contributed by atoms with E-state index in [2.05, 4.69) is 4.99 Å². The lowest BCUT2D eigenvalue weighted by atomic mass is 9.85. The van der Waals surface area contributed by atoms with Crippen LogP contribution in [-0.2, 0) is 6.42 Å². The van der Waals surface area contributed by atoms with Crippen LogP contribution in [0.2, 0.25) is 0 Å². The predicted molar refractivity (Wildman–Crippen MR) is 94.9 cm³/mol. The van der Waals surface area contributed by atoms with Crippen molar-refractivity contribution >= 4 is 17.4 Å². The molecule has 134 valence electrons. The lowest BCUT2D eigenvalue weighted by Gasteiger charge is -2.21. The van der Waals surface area contributed by atoms with Crippen molar-refractivity contribution in [3.05, 3.63) is 70.3 Å². The molecule has 0 bridgehead atoms. The van der Waals surface area contributed by atoms with Gasteiger partial charge in [0, 0.05) is 17.7 Å². The molecule has 0 radical (unpaired) electrons. The molecule has 2 aromatic rings. The van der Waals surface area contributed by atoms with Gasteiger partial charge in [-0.2, -0.15) is 4.99 Å². The SMILES string of the molecule is COc1cc(F)cc(F)c1C1=CCCc2ccc(C(=O)N=C(N)N)cc21. The average Bonchev–Trinajstić information content (AvgIpc) is 2.59. The van der Waals surface area contributed by atoms with Gasteiger partial charge in [0.15, 0.2) is 5.96 Å². The Kier molecular flexibility index (Phi) is 4.71. The third-order valence-corrected chi connectivity index (χ3v) is 4.15. The van der Waals surface area contributed by atoms with Crippen LogP contribution in [0.15, 0.2) is 41.4 Å². The number of hydrogen-bond acceptors (Lipinski definition) is 2. The van der Waals surface area contributed by atoms with Crippen LogP contribution in [0, 0.1) is 11.6 Å². The van der Waals surface area contributed by atoms with Crippen LogP contribution < -0.4 is 16.2 Å². The summed E-state index contributed by atoms with van der Waals surface area (Å²) >= 11 is 0. The van der Waals surface area contributed by atoms with Crippen molar-refractivity contribution < 1.29 is 18.3 Å². The maximum absolute atomic E-state index is 14.5. The first-order valence-electron chi connectivity index (χ1n) is 7.91. The molecule has 26 heavy (non-hydrogen) atoms. The summed E-state index contributed by atoms with van der Waals surface area (Å²) in [6.45, 7) is 0. The van der Waals surface area contributed by atoms with Crippen molar-refractivity contribution in [2.24, 2.45) is 16.5 Å². The quantitative estimate of drug-likeness (QED) is 0.653. The number of hydrogen-bond donors (Lipinski definition) is 2. The van der Waals surface area contributed by atoms with E-state index in [4.69, 9.17) is 16.2 Å². The summed E-state index contributed by atoms with van der Waals surface area (Å²) in [4.78, 5) is 15.6. The number of allylic oxidation sites excluding steroid dienone is 1.